The lowest BCUT2D eigenvalue weighted by Crippen LogP contribution is -2.42. The zero-order chi connectivity index (χ0) is 20.1. The molecule has 0 saturated carbocycles. The van der Waals surface area contributed by atoms with Crippen LogP contribution in [-0.4, -0.2) is 43.6 Å². The molecule has 0 aliphatic carbocycles. The van der Waals surface area contributed by atoms with Gasteiger partial charge in [-0.1, -0.05) is 37.3 Å². The molecule has 1 aromatic carbocycles. The van der Waals surface area contributed by atoms with Crippen LogP contribution in [0.15, 0.2) is 47.8 Å². The van der Waals surface area contributed by atoms with Gasteiger partial charge in [0.1, 0.15) is 0 Å². The van der Waals surface area contributed by atoms with Crippen LogP contribution in [0.3, 0.4) is 0 Å². The predicted molar refractivity (Wildman–Crippen MR) is 122 cm³/mol. The quantitative estimate of drug-likeness (QED) is 0.582. The molecule has 1 saturated heterocycles. The molecule has 1 aliphatic rings. The van der Waals surface area contributed by atoms with Crippen LogP contribution in [0.2, 0.25) is 0 Å². The number of likely N-dealkylation sites (N-methyl/N-ethyl adjacent to an activating group) is 1. The fourth-order valence-electron chi connectivity index (χ4n) is 3.91. The largest absolute Gasteiger partial charge is 0.370 e. The molecule has 6 heteroatoms. The first-order valence-corrected chi connectivity index (χ1v) is 11.3. The molecule has 1 fully saturated rings. The Hall–Kier alpha value is -2.44. The second-order valence-corrected chi connectivity index (χ2v) is 8.35. The van der Waals surface area contributed by atoms with Gasteiger partial charge in [0, 0.05) is 37.7 Å². The van der Waals surface area contributed by atoms with Crippen LogP contribution < -0.4 is 15.5 Å². The van der Waals surface area contributed by atoms with Gasteiger partial charge < -0.3 is 15.5 Å². The SMILES string of the molecule is CCNCCNC(=O)C1CCN(c2cc(-c3ccccc3)nc3ccsc23)CC1. The topological polar surface area (TPSA) is 57.3 Å². The number of rotatable bonds is 7. The molecule has 0 bridgehead atoms. The number of hydrogen-bond donors (Lipinski definition) is 2. The Morgan fingerprint density at radius 3 is 2.72 bits per heavy atom. The molecule has 0 spiro atoms. The highest BCUT2D eigenvalue weighted by Gasteiger charge is 2.26. The molecule has 3 heterocycles. The molecule has 1 amide bonds. The zero-order valence-electron chi connectivity index (χ0n) is 16.9. The fourth-order valence-corrected chi connectivity index (χ4v) is 4.78. The number of benzene rings is 1. The maximum absolute atomic E-state index is 12.4. The van der Waals surface area contributed by atoms with Gasteiger partial charge in [0.05, 0.1) is 21.6 Å². The van der Waals surface area contributed by atoms with E-state index in [4.69, 9.17) is 4.98 Å². The van der Waals surface area contributed by atoms with Crippen LogP contribution in [-0.2, 0) is 4.79 Å². The van der Waals surface area contributed by atoms with E-state index in [1.54, 1.807) is 11.3 Å². The summed E-state index contributed by atoms with van der Waals surface area (Å²) in [5.41, 5.74) is 4.44. The lowest BCUT2D eigenvalue weighted by molar-refractivity contribution is -0.125. The number of nitrogens with one attached hydrogen (secondary N) is 2. The van der Waals surface area contributed by atoms with Gasteiger partial charge in [-0.2, -0.15) is 0 Å². The molecule has 5 nitrogen and oxygen atoms in total. The van der Waals surface area contributed by atoms with E-state index in [1.165, 1.54) is 10.4 Å². The highest BCUT2D eigenvalue weighted by atomic mass is 32.1. The number of hydrogen-bond acceptors (Lipinski definition) is 5. The Morgan fingerprint density at radius 1 is 1.17 bits per heavy atom. The van der Waals surface area contributed by atoms with Gasteiger partial charge in [-0.25, -0.2) is 4.98 Å². The number of carbonyl (C=O) groups is 1. The number of carbonyl (C=O) groups excluding carboxylic acids is 1. The summed E-state index contributed by atoms with van der Waals surface area (Å²) in [6.07, 6.45) is 1.78. The molecule has 0 unspecified atom stereocenters. The summed E-state index contributed by atoms with van der Waals surface area (Å²) in [4.78, 5) is 19.7. The normalized spacial score (nSPS) is 15.0. The highest BCUT2D eigenvalue weighted by molar-refractivity contribution is 7.17. The number of nitrogens with zero attached hydrogens (tertiary/aromatic N) is 2. The molecule has 29 heavy (non-hydrogen) atoms. The minimum atomic E-state index is 0.113. The second-order valence-electron chi connectivity index (χ2n) is 7.43. The minimum absolute atomic E-state index is 0.113. The number of aromatic nitrogens is 1. The maximum Gasteiger partial charge on any atom is 0.223 e. The van der Waals surface area contributed by atoms with E-state index in [2.05, 4.69) is 64.2 Å². The van der Waals surface area contributed by atoms with Gasteiger partial charge in [0.25, 0.3) is 0 Å². The van der Waals surface area contributed by atoms with Crippen LogP contribution in [0.1, 0.15) is 19.8 Å². The van der Waals surface area contributed by atoms with E-state index < -0.39 is 0 Å². The van der Waals surface area contributed by atoms with Gasteiger partial charge >= 0.3 is 0 Å². The Balaban J connectivity index is 1.47. The van der Waals surface area contributed by atoms with Crippen molar-refractivity contribution in [1.29, 1.82) is 0 Å². The zero-order valence-corrected chi connectivity index (χ0v) is 17.7. The summed E-state index contributed by atoms with van der Waals surface area (Å²) >= 11 is 1.74. The Labute approximate surface area is 176 Å². The molecule has 2 N–H and O–H groups in total. The van der Waals surface area contributed by atoms with Gasteiger partial charge in [-0.3, -0.25) is 4.79 Å². The molecule has 152 valence electrons. The molecule has 4 rings (SSSR count). The lowest BCUT2D eigenvalue weighted by atomic mass is 9.95. The Kier molecular flexibility index (Phi) is 6.42. The molecule has 3 aromatic rings. The summed E-state index contributed by atoms with van der Waals surface area (Å²) in [5.74, 6) is 0.311. The van der Waals surface area contributed by atoms with Crippen LogP contribution in [0, 0.1) is 5.92 Å². The first-order valence-electron chi connectivity index (χ1n) is 10.4. The number of fused-ring (bicyclic) bond motifs is 1. The van der Waals surface area contributed by atoms with Crippen molar-refractivity contribution >= 4 is 33.1 Å². The molecule has 1 aliphatic heterocycles. The van der Waals surface area contributed by atoms with E-state index in [0.717, 1.165) is 55.8 Å². The summed E-state index contributed by atoms with van der Waals surface area (Å²) in [6, 6.07) is 14.7. The molecular weight excluding hydrogens is 380 g/mol. The van der Waals surface area contributed by atoms with E-state index in [0.29, 0.717) is 6.54 Å². The summed E-state index contributed by atoms with van der Waals surface area (Å²) in [5, 5.41) is 8.42. The fraction of sp³-hybridized carbons (Fsp3) is 0.391. The van der Waals surface area contributed by atoms with E-state index >= 15 is 0 Å². The standard InChI is InChI=1S/C23H28N4OS/c1-2-24-11-12-25-23(28)18-8-13-27(14-9-18)21-16-20(17-6-4-3-5-7-17)26-19-10-15-29-22(19)21/h3-7,10,15-16,18,24H,2,8-9,11-14H2,1H3,(H,25,28). The smallest absolute Gasteiger partial charge is 0.223 e. The van der Waals surface area contributed by atoms with E-state index in [-0.39, 0.29) is 11.8 Å². The van der Waals surface area contributed by atoms with E-state index in [1.807, 2.05) is 6.07 Å². The third-order valence-electron chi connectivity index (χ3n) is 5.52. The number of pyridine rings is 1. The van der Waals surface area contributed by atoms with Gasteiger partial charge in [-0.05, 0) is 36.9 Å². The van der Waals surface area contributed by atoms with Crippen molar-refractivity contribution in [3.63, 3.8) is 0 Å². The second kappa shape index (κ2) is 9.37. The van der Waals surface area contributed by atoms with Crippen molar-refractivity contribution in [2.75, 3.05) is 37.6 Å². The summed E-state index contributed by atoms with van der Waals surface area (Å²) in [7, 11) is 0. The molecule has 2 aromatic heterocycles. The molecule has 0 radical (unpaired) electrons. The van der Waals surface area contributed by atoms with E-state index in [9.17, 15) is 4.79 Å². The Bertz CT molecular complexity index is 948. The number of piperidine rings is 1. The third kappa shape index (κ3) is 4.60. The number of thiophene rings is 1. The average molecular weight is 409 g/mol. The van der Waals surface area contributed by atoms with Gasteiger partial charge in [0.2, 0.25) is 5.91 Å². The van der Waals surface area contributed by atoms with Crippen LogP contribution in [0.25, 0.3) is 21.5 Å². The van der Waals surface area contributed by atoms with Gasteiger partial charge in [0.15, 0.2) is 0 Å². The van der Waals surface area contributed by atoms with Crippen LogP contribution >= 0.6 is 11.3 Å². The Morgan fingerprint density at radius 2 is 1.97 bits per heavy atom. The first kappa shape index (κ1) is 19.9. The van der Waals surface area contributed by atoms with Crippen LogP contribution in [0.5, 0.6) is 0 Å². The maximum atomic E-state index is 12.4. The summed E-state index contributed by atoms with van der Waals surface area (Å²) < 4.78 is 1.23. The van der Waals surface area contributed by atoms with Crippen molar-refractivity contribution in [2.45, 2.75) is 19.8 Å². The van der Waals surface area contributed by atoms with Crippen LogP contribution in [0.4, 0.5) is 5.69 Å². The molecule has 0 atom stereocenters. The average Bonchev–Trinajstić information content (AvgIpc) is 3.25. The minimum Gasteiger partial charge on any atom is -0.370 e. The van der Waals surface area contributed by atoms with Crippen molar-refractivity contribution in [3.05, 3.63) is 47.8 Å². The van der Waals surface area contributed by atoms with Crippen molar-refractivity contribution < 1.29 is 4.79 Å². The van der Waals surface area contributed by atoms with Crippen molar-refractivity contribution in [3.8, 4) is 11.3 Å². The third-order valence-corrected chi connectivity index (χ3v) is 6.44. The van der Waals surface area contributed by atoms with Gasteiger partial charge in [-0.15, -0.1) is 11.3 Å². The predicted octanol–water partition coefficient (Wildman–Crippen LogP) is 3.91. The number of anilines is 1. The lowest BCUT2D eigenvalue weighted by Gasteiger charge is -2.33. The first-order chi connectivity index (χ1) is 14.3. The van der Waals surface area contributed by atoms with Crippen molar-refractivity contribution in [1.82, 2.24) is 15.6 Å². The van der Waals surface area contributed by atoms with Crippen molar-refractivity contribution in [2.24, 2.45) is 5.92 Å². The highest BCUT2D eigenvalue weighted by Crippen LogP contribution is 2.36. The number of amides is 1. The summed E-state index contributed by atoms with van der Waals surface area (Å²) in [6.45, 7) is 6.34. The molecular formula is C23H28N4OS. The monoisotopic (exact) mass is 408 g/mol.